The topological polar surface area (TPSA) is 77.8 Å². The molecule has 0 bridgehead atoms. The number of aliphatic hydroxyl groups excluding tert-OH is 2. The minimum Gasteiger partial charge on any atom is -0.481 e. The van der Waals surface area contributed by atoms with Crippen molar-refractivity contribution in [3.63, 3.8) is 0 Å². The lowest BCUT2D eigenvalue weighted by Gasteiger charge is -2.60. The first-order valence-electron chi connectivity index (χ1n) is 13.3. The molecule has 7 atom stereocenters. The number of carboxylic acid groups (broad SMARTS) is 1. The molecule has 3 rings (SSSR count). The van der Waals surface area contributed by atoms with Gasteiger partial charge in [0.15, 0.2) is 0 Å². The Morgan fingerprint density at radius 1 is 1.06 bits per heavy atom. The maximum atomic E-state index is 12.9. The monoisotopic (exact) mass is 472 g/mol. The van der Waals surface area contributed by atoms with Crippen molar-refractivity contribution < 1.29 is 20.1 Å². The summed E-state index contributed by atoms with van der Waals surface area (Å²) in [5.74, 6) is -0.0267. The molecule has 0 aliphatic heterocycles. The molecule has 4 nitrogen and oxygen atoms in total. The van der Waals surface area contributed by atoms with Crippen LogP contribution < -0.4 is 0 Å². The van der Waals surface area contributed by atoms with E-state index in [0.29, 0.717) is 5.92 Å². The second-order valence-electron chi connectivity index (χ2n) is 12.7. The van der Waals surface area contributed by atoms with Crippen LogP contribution in [-0.2, 0) is 4.79 Å². The first-order valence-corrected chi connectivity index (χ1v) is 13.3. The Balaban J connectivity index is 1.91. The zero-order valence-corrected chi connectivity index (χ0v) is 22.2. The number of aliphatic carboxylic acids is 1. The van der Waals surface area contributed by atoms with Gasteiger partial charge in [0, 0.05) is 0 Å². The molecule has 3 saturated carbocycles. The summed E-state index contributed by atoms with van der Waals surface area (Å²) in [4.78, 5) is 12.9. The van der Waals surface area contributed by atoms with Gasteiger partial charge in [0.05, 0.1) is 18.1 Å². The molecule has 3 aliphatic rings. The lowest BCUT2D eigenvalue weighted by Crippen LogP contribution is -2.56. The summed E-state index contributed by atoms with van der Waals surface area (Å²) >= 11 is 0. The zero-order valence-electron chi connectivity index (χ0n) is 22.2. The van der Waals surface area contributed by atoms with Crippen molar-refractivity contribution in [3.05, 3.63) is 36.0 Å². The Hall–Kier alpha value is -1.39. The highest BCUT2D eigenvalue weighted by molar-refractivity contribution is 5.76. The number of carbonyl (C=O) groups is 1. The average Bonchev–Trinajstić information content (AvgIpc) is 2.75. The molecular formula is C30H48O4. The number of rotatable bonds is 7. The smallest absolute Gasteiger partial charge is 0.310 e. The van der Waals surface area contributed by atoms with E-state index in [0.717, 1.165) is 68.9 Å². The third-order valence-corrected chi connectivity index (χ3v) is 10.7. The minimum absolute atomic E-state index is 0.0187. The van der Waals surface area contributed by atoms with Crippen LogP contribution in [0.1, 0.15) is 92.4 Å². The summed E-state index contributed by atoms with van der Waals surface area (Å²) in [5.41, 5.74) is 2.49. The van der Waals surface area contributed by atoms with Gasteiger partial charge in [-0.05, 0) is 106 Å². The standard InChI is InChI=1S/C30H48O4/c1-19(15-17-31)8-12-23-20(2)9-11-22(30(23,7)27(33)34)18-24-21(3)10-13-25-28(4,5)26(32)14-16-29(24,25)6/h15,22-26,31-32H,2-3,8-14,16-18H2,1,4-7H3,(H,33,34). The van der Waals surface area contributed by atoms with E-state index in [1.165, 1.54) is 5.57 Å². The molecule has 0 aromatic heterocycles. The Bertz CT molecular complexity index is 839. The van der Waals surface area contributed by atoms with Gasteiger partial charge in [-0.15, -0.1) is 0 Å². The van der Waals surface area contributed by atoms with Crippen LogP contribution in [0, 0.1) is 39.9 Å². The number of hydrogen-bond acceptors (Lipinski definition) is 3. The van der Waals surface area contributed by atoms with E-state index < -0.39 is 11.4 Å². The van der Waals surface area contributed by atoms with Gasteiger partial charge in [-0.2, -0.15) is 0 Å². The Labute approximate surface area is 207 Å². The second-order valence-corrected chi connectivity index (χ2v) is 12.7. The predicted octanol–water partition coefficient (Wildman–Crippen LogP) is 6.54. The van der Waals surface area contributed by atoms with E-state index in [9.17, 15) is 20.1 Å². The van der Waals surface area contributed by atoms with Crippen molar-refractivity contribution in [2.24, 2.45) is 39.9 Å². The quantitative estimate of drug-likeness (QED) is 0.368. The van der Waals surface area contributed by atoms with Gasteiger partial charge in [-0.1, -0.05) is 56.7 Å². The Kier molecular flexibility index (Phi) is 7.95. The Morgan fingerprint density at radius 3 is 2.29 bits per heavy atom. The molecular weight excluding hydrogens is 424 g/mol. The number of carboxylic acids is 1. The maximum Gasteiger partial charge on any atom is 0.310 e. The van der Waals surface area contributed by atoms with E-state index in [1.807, 2.05) is 19.9 Å². The normalized spacial score (nSPS) is 40.7. The average molecular weight is 473 g/mol. The number of allylic oxidation sites excluding steroid dienone is 3. The zero-order chi connectivity index (χ0) is 25.5. The number of fused-ring (bicyclic) bond motifs is 1. The molecule has 0 saturated heterocycles. The van der Waals surface area contributed by atoms with Gasteiger partial charge >= 0.3 is 5.97 Å². The van der Waals surface area contributed by atoms with Crippen LogP contribution in [0.15, 0.2) is 36.0 Å². The van der Waals surface area contributed by atoms with Crippen molar-refractivity contribution in [1.82, 2.24) is 0 Å². The highest BCUT2D eigenvalue weighted by Gasteiger charge is 2.58. The van der Waals surface area contributed by atoms with E-state index in [4.69, 9.17) is 0 Å². The van der Waals surface area contributed by atoms with Crippen molar-refractivity contribution in [2.45, 2.75) is 98.5 Å². The lowest BCUT2D eigenvalue weighted by molar-refractivity contribution is -0.160. The molecule has 0 radical (unpaired) electrons. The third-order valence-electron chi connectivity index (χ3n) is 10.7. The minimum atomic E-state index is -0.859. The summed E-state index contributed by atoms with van der Waals surface area (Å²) in [6.45, 7) is 19.6. The largest absolute Gasteiger partial charge is 0.481 e. The molecule has 0 aromatic carbocycles. The van der Waals surface area contributed by atoms with Crippen molar-refractivity contribution >= 4 is 5.97 Å². The predicted molar refractivity (Wildman–Crippen MR) is 138 cm³/mol. The fourth-order valence-electron chi connectivity index (χ4n) is 8.25. The van der Waals surface area contributed by atoms with Crippen LogP contribution in [0.5, 0.6) is 0 Å². The molecule has 4 heteroatoms. The van der Waals surface area contributed by atoms with Crippen LogP contribution in [-0.4, -0.2) is 34.0 Å². The maximum absolute atomic E-state index is 12.9. The number of aliphatic hydroxyl groups is 2. The highest BCUT2D eigenvalue weighted by Crippen LogP contribution is 2.63. The summed E-state index contributed by atoms with van der Waals surface area (Å²) in [6.07, 6.45) is 9.48. The fourth-order valence-corrected chi connectivity index (χ4v) is 8.25. The van der Waals surface area contributed by atoms with Crippen molar-refractivity contribution in [1.29, 1.82) is 0 Å². The summed E-state index contributed by atoms with van der Waals surface area (Å²) < 4.78 is 0. The van der Waals surface area contributed by atoms with E-state index in [2.05, 4.69) is 33.9 Å². The molecule has 3 aliphatic carbocycles. The van der Waals surface area contributed by atoms with E-state index in [1.54, 1.807) is 0 Å². The first kappa shape index (κ1) is 27.2. The van der Waals surface area contributed by atoms with Crippen LogP contribution in [0.4, 0.5) is 0 Å². The van der Waals surface area contributed by atoms with E-state index >= 15 is 0 Å². The Morgan fingerprint density at radius 2 is 1.68 bits per heavy atom. The van der Waals surface area contributed by atoms with Gasteiger partial charge in [-0.3, -0.25) is 4.79 Å². The second kappa shape index (κ2) is 9.93. The fraction of sp³-hybridized carbons (Fsp3) is 0.767. The molecule has 34 heavy (non-hydrogen) atoms. The SMILES string of the molecule is C=C1CCC2C(C)(C)C(O)CCC2(C)C1CC1CCC(=C)C(CCC(C)=CCO)C1(C)C(=O)O. The van der Waals surface area contributed by atoms with Gasteiger partial charge in [0.1, 0.15) is 0 Å². The van der Waals surface area contributed by atoms with Crippen molar-refractivity contribution in [2.75, 3.05) is 6.61 Å². The van der Waals surface area contributed by atoms with Crippen molar-refractivity contribution in [3.8, 4) is 0 Å². The van der Waals surface area contributed by atoms with Gasteiger partial charge < -0.3 is 15.3 Å². The molecule has 3 fully saturated rings. The first-order chi connectivity index (χ1) is 15.8. The van der Waals surface area contributed by atoms with Crippen LogP contribution in [0.2, 0.25) is 0 Å². The van der Waals surface area contributed by atoms with Crippen LogP contribution in [0.3, 0.4) is 0 Å². The summed E-state index contributed by atoms with van der Waals surface area (Å²) in [7, 11) is 0. The van der Waals surface area contributed by atoms with Gasteiger partial charge in [0.25, 0.3) is 0 Å². The van der Waals surface area contributed by atoms with Crippen LogP contribution >= 0.6 is 0 Å². The number of hydrogen-bond donors (Lipinski definition) is 3. The van der Waals surface area contributed by atoms with Gasteiger partial charge in [0.2, 0.25) is 0 Å². The van der Waals surface area contributed by atoms with E-state index in [-0.39, 0.29) is 41.3 Å². The molecule has 0 aromatic rings. The lowest BCUT2D eigenvalue weighted by atomic mass is 9.45. The summed E-state index contributed by atoms with van der Waals surface area (Å²) in [6, 6.07) is 0. The summed E-state index contributed by atoms with van der Waals surface area (Å²) in [5, 5.41) is 30.6. The molecule has 7 unspecified atom stereocenters. The molecule has 192 valence electrons. The molecule has 0 spiro atoms. The van der Waals surface area contributed by atoms with Crippen LogP contribution in [0.25, 0.3) is 0 Å². The molecule has 0 heterocycles. The highest BCUT2D eigenvalue weighted by atomic mass is 16.4. The third kappa shape index (κ3) is 4.57. The molecule has 3 N–H and O–H groups in total. The molecule has 0 amide bonds. The van der Waals surface area contributed by atoms with Gasteiger partial charge in [-0.25, -0.2) is 0 Å².